The Labute approximate surface area is 163 Å². The maximum absolute atomic E-state index is 13.4. The molecule has 0 fully saturated rings. The van der Waals surface area contributed by atoms with Crippen molar-refractivity contribution in [3.63, 3.8) is 0 Å². The van der Waals surface area contributed by atoms with Gasteiger partial charge in [0.05, 0.1) is 0 Å². The summed E-state index contributed by atoms with van der Waals surface area (Å²) in [4.78, 5) is 28.3. The predicted molar refractivity (Wildman–Crippen MR) is 97.8 cm³/mol. The minimum atomic E-state index is -1.14. The molecule has 0 radical (unpaired) electrons. The van der Waals surface area contributed by atoms with Crippen LogP contribution < -0.4 is 10.6 Å². The summed E-state index contributed by atoms with van der Waals surface area (Å²) in [7, 11) is 0. The molecule has 8 nitrogen and oxygen atoms in total. The first-order valence-electron chi connectivity index (χ1n) is 8.33. The molecule has 3 N–H and O–H groups in total. The summed E-state index contributed by atoms with van der Waals surface area (Å²) in [6.45, 7) is 1.62. The van der Waals surface area contributed by atoms with E-state index in [0.29, 0.717) is 5.56 Å². The number of carbonyl (C=O) groups excluding carboxylic acids is 2. The smallest absolute Gasteiger partial charge is 0.272 e. The average Bonchev–Trinajstić information content (AvgIpc) is 3.17. The largest absolute Gasteiger partial charge is 0.347 e. The molecule has 29 heavy (non-hydrogen) atoms. The van der Waals surface area contributed by atoms with E-state index in [-0.39, 0.29) is 34.9 Å². The third-order valence-corrected chi connectivity index (χ3v) is 3.96. The molecule has 2 aromatic heterocycles. The van der Waals surface area contributed by atoms with Gasteiger partial charge in [-0.15, -0.1) is 0 Å². The van der Waals surface area contributed by atoms with Crippen molar-refractivity contribution in [2.45, 2.75) is 13.5 Å². The Morgan fingerprint density at radius 3 is 2.69 bits per heavy atom. The van der Waals surface area contributed by atoms with Crippen molar-refractivity contribution in [3.8, 4) is 6.07 Å². The molecule has 10 heteroatoms. The van der Waals surface area contributed by atoms with Gasteiger partial charge in [-0.25, -0.2) is 13.8 Å². The molecule has 146 valence electrons. The van der Waals surface area contributed by atoms with Crippen LogP contribution in [0.1, 0.15) is 37.7 Å². The number of anilines is 1. The van der Waals surface area contributed by atoms with Crippen molar-refractivity contribution in [1.29, 1.82) is 5.26 Å². The molecule has 0 aliphatic rings. The lowest BCUT2D eigenvalue weighted by atomic mass is 10.1. The molecular formula is C19H14F2N6O2. The Morgan fingerprint density at radius 2 is 1.93 bits per heavy atom. The van der Waals surface area contributed by atoms with Crippen LogP contribution in [0.25, 0.3) is 0 Å². The van der Waals surface area contributed by atoms with E-state index in [1.54, 1.807) is 12.1 Å². The van der Waals surface area contributed by atoms with Gasteiger partial charge in [0.2, 0.25) is 0 Å². The fourth-order valence-corrected chi connectivity index (χ4v) is 2.50. The van der Waals surface area contributed by atoms with E-state index in [1.807, 2.05) is 6.07 Å². The topological polar surface area (TPSA) is 124 Å². The fourth-order valence-electron chi connectivity index (χ4n) is 2.50. The lowest BCUT2D eigenvalue weighted by Crippen LogP contribution is -2.23. The number of carbonyl (C=O) groups is 2. The van der Waals surface area contributed by atoms with E-state index >= 15 is 0 Å². The van der Waals surface area contributed by atoms with Crippen molar-refractivity contribution >= 4 is 17.6 Å². The minimum absolute atomic E-state index is 0.0110. The number of nitrogens with one attached hydrogen (secondary N) is 3. The van der Waals surface area contributed by atoms with Crippen LogP contribution in [0, 0.1) is 29.9 Å². The molecule has 0 aliphatic heterocycles. The van der Waals surface area contributed by atoms with Gasteiger partial charge >= 0.3 is 0 Å². The third kappa shape index (κ3) is 4.59. The van der Waals surface area contributed by atoms with Gasteiger partial charge in [-0.3, -0.25) is 14.7 Å². The molecule has 3 rings (SSSR count). The average molecular weight is 396 g/mol. The molecule has 2 heterocycles. The molecule has 2 amide bonds. The quantitative estimate of drug-likeness (QED) is 0.611. The van der Waals surface area contributed by atoms with E-state index in [0.717, 1.165) is 12.1 Å². The fraction of sp³-hybridized carbons (Fsp3) is 0.105. The molecule has 0 atom stereocenters. The van der Waals surface area contributed by atoms with Crippen LogP contribution in [-0.2, 0) is 6.54 Å². The first kappa shape index (κ1) is 19.6. The van der Waals surface area contributed by atoms with Gasteiger partial charge in [-0.05, 0) is 42.3 Å². The second-order valence-electron chi connectivity index (χ2n) is 6.05. The lowest BCUT2D eigenvalue weighted by molar-refractivity contribution is 0.0945. The molecule has 0 saturated heterocycles. The Bertz CT molecular complexity index is 1140. The number of aromatic nitrogens is 3. The van der Waals surface area contributed by atoms with E-state index in [2.05, 4.69) is 25.8 Å². The van der Waals surface area contributed by atoms with Crippen LogP contribution in [0.4, 0.5) is 14.6 Å². The van der Waals surface area contributed by atoms with Crippen LogP contribution in [0.15, 0.2) is 36.5 Å². The number of rotatable bonds is 5. The van der Waals surface area contributed by atoms with Crippen LogP contribution in [-0.4, -0.2) is 27.0 Å². The van der Waals surface area contributed by atoms with Crippen LogP contribution in [0.2, 0.25) is 0 Å². The molecular weight excluding hydrogens is 382 g/mol. The first-order valence-corrected chi connectivity index (χ1v) is 8.33. The van der Waals surface area contributed by atoms with Crippen molar-refractivity contribution in [2.75, 3.05) is 5.32 Å². The summed E-state index contributed by atoms with van der Waals surface area (Å²) in [5.74, 6) is -3.27. The van der Waals surface area contributed by atoms with Gasteiger partial charge in [0.1, 0.15) is 17.6 Å². The molecule has 0 spiro atoms. The Hall–Kier alpha value is -4.13. The summed E-state index contributed by atoms with van der Waals surface area (Å²) >= 11 is 0. The highest BCUT2D eigenvalue weighted by molar-refractivity contribution is 6.05. The number of halogens is 2. The van der Waals surface area contributed by atoms with Gasteiger partial charge < -0.3 is 10.6 Å². The minimum Gasteiger partial charge on any atom is -0.347 e. The van der Waals surface area contributed by atoms with Gasteiger partial charge in [0.15, 0.2) is 17.3 Å². The zero-order chi connectivity index (χ0) is 21.0. The van der Waals surface area contributed by atoms with Gasteiger partial charge in [0, 0.05) is 24.4 Å². The number of nitrogens with zero attached hydrogens (tertiary/aromatic N) is 3. The van der Waals surface area contributed by atoms with Gasteiger partial charge in [0.25, 0.3) is 11.8 Å². The molecule has 0 unspecified atom stereocenters. The summed E-state index contributed by atoms with van der Waals surface area (Å²) in [5, 5.41) is 20.2. The van der Waals surface area contributed by atoms with E-state index in [4.69, 9.17) is 5.26 Å². The standard InChI is InChI=1S/C19H14F2N6O2/c1-10-4-14(20)15(21)6-13(10)18(28)25-17-7-16(26-27-17)19(29)24-9-11-2-3-23-12(5-11)8-22/h2-7H,9H2,1H3,(H,24,29)(H2,25,26,27,28). The number of aryl methyl sites for hydroxylation is 1. The Morgan fingerprint density at radius 1 is 1.17 bits per heavy atom. The zero-order valence-corrected chi connectivity index (χ0v) is 15.1. The normalized spacial score (nSPS) is 10.3. The van der Waals surface area contributed by atoms with Crippen molar-refractivity contribution < 1.29 is 18.4 Å². The highest BCUT2D eigenvalue weighted by Gasteiger charge is 2.16. The number of hydrogen-bond donors (Lipinski definition) is 3. The Balaban J connectivity index is 1.64. The number of benzene rings is 1. The number of amides is 2. The number of H-pyrrole nitrogens is 1. The highest BCUT2D eigenvalue weighted by Crippen LogP contribution is 2.16. The van der Waals surface area contributed by atoms with Crippen LogP contribution in [0.5, 0.6) is 0 Å². The second-order valence-corrected chi connectivity index (χ2v) is 6.05. The molecule has 0 aliphatic carbocycles. The van der Waals surface area contributed by atoms with Crippen LogP contribution >= 0.6 is 0 Å². The molecule has 0 bridgehead atoms. The summed E-state index contributed by atoms with van der Waals surface area (Å²) in [6, 6.07) is 8.13. The number of aromatic amines is 1. The Kier molecular flexibility index (Phi) is 5.59. The lowest BCUT2D eigenvalue weighted by Gasteiger charge is -2.06. The molecule has 0 saturated carbocycles. The van der Waals surface area contributed by atoms with E-state index < -0.39 is 23.4 Å². The number of hydrogen-bond acceptors (Lipinski definition) is 5. The zero-order valence-electron chi connectivity index (χ0n) is 15.1. The predicted octanol–water partition coefficient (Wildman–Crippen LogP) is 2.45. The van der Waals surface area contributed by atoms with E-state index in [1.165, 1.54) is 19.2 Å². The maximum atomic E-state index is 13.4. The molecule has 3 aromatic rings. The van der Waals surface area contributed by atoms with Gasteiger partial charge in [-0.1, -0.05) is 0 Å². The van der Waals surface area contributed by atoms with Gasteiger partial charge in [-0.2, -0.15) is 10.4 Å². The third-order valence-electron chi connectivity index (χ3n) is 3.96. The monoisotopic (exact) mass is 396 g/mol. The summed E-state index contributed by atoms with van der Waals surface area (Å²) in [6.07, 6.45) is 1.46. The van der Waals surface area contributed by atoms with E-state index in [9.17, 15) is 18.4 Å². The van der Waals surface area contributed by atoms with Crippen molar-refractivity contribution in [2.24, 2.45) is 0 Å². The van der Waals surface area contributed by atoms with Crippen molar-refractivity contribution in [3.05, 3.63) is 76.2 Å². The summed E-state index contributed by atoms with van der Waals surface area (Å²) in [5.41, 5.74) is 1.14. The number of nitriles is 1. The SMILES string of the molecule is Cc1cc(F)c(F)cc1C(=O)Nc1cc(C(=O)NCc2ccnc(C#N)c2)n[nH]1. The first-order chi connectivity index (χ1) is 13.9. The van der Waals surface area contributed by atoms with Crippen LogP contribution in [0.3, 0.4) is 0 Å². The maximum Gasteiger partial charge on any atom is 0.272 e. The second kappa shape index (κ2) is 8.26. The van der Waals surface area contributed by atoms with Crippen molar-refractivity contribution in [1.82, 2.24) is 20.5 Å². The highest BCUT2D eigenvalue weighted by atomic mass is 19.2. The summed E-state index contributed by atoms with van der Waals surface area (Å²) < 4.78 is 26.6. The molecule has 1 aromatic carbocycles. The number of pyridine rings is 1.